The molecule has 0 radical (unpaired) electrons. The number of nitrogens with zero attached hydrogens (tertiary/aromatic N) is 1. The number of H-pyrrole nitrogens is 1. The fraction of sp³-hybridized carbons (Fsp3) is 0.143. The number of carbonyl (C=O) groups excluding carboxylic acids is 1. The molecule has 1 atom stereocenters. The van der Waals surface area contributed by atoms with Crippen LogP contribution in [0.25, 0.3) is 11.3 Å². The number of nitriles is 1. The quantitative estimate of drug-likeness (QED) is 0.743. The van der Waals surface area contributed by atoms with E-state index < -0.39 is 5.60 Å². The van der Waals surface area contributed by atoms with Crippen LogP contribution in [0.15, 0.2) is 60.7 Å². The first kappa shape index (κ1) is 16.1. The van der Waals surface area contributed by atoms with E-state index in [1.807, 2.05) is 61.5 Å². The molecule has 3 aromatic rings. The number of amides is 1. The van der Waals surface area contributed by atoms with Gasteiger partial charge in [-0.05, 0) is 42.3 Å². The highest BCUT2D eigenvalue weighted by Gasteiger charge is 2.36. The number of hydrogen-bond donors (Lipinski definition) is 2. The lowest BCUT2D eigenvalue weighted by Gasteiger charge is -2.30. The Morgan fingerprint density at radius 1 is 1.12 bits per heavy atom. The zero-order chi connectivity index (χ0) is 18.1. The van der Waals surface area contributed by atoms with Crippen molar-refractivity contribution >= 4 is 11.6 Å². The Balaban J connectivity index is 1.89. The van der Waals surface area contributed by atoms with Gasteiger partial charge in [0.15, 0.2) is 0 Å². The summed E-state index contributed by atoms with van der Waals surface area (Å²) in [6, 6.07) is 21.4. The summed E-state index contributed by atoms with van der Waals surface area (Å²) in [5.41, 5.74) is 4.08. The number of benzene rings is 2. The van der Waals surface area contributed by atoms with Crippen molar-refractivity contribution in [3.8, 4) is 17.3 Å². The first-order chi connectivity index (χ1) is 12.6. The topological polar surface area (TPSA) is 77.9 Å². The molecule has 0 spiro atoms. The van der Waals surface area contributed by atoms with Crippen LogP contribution in [0.1, 0.15) is 23.7 Å². The Labute approximate surface area is 151 Å². The predicted octanol–water partition coefficient (Wildman–Crippen LogP) is 3.79. The molecule has 0 saturated heterocycles. The largest absolute Gasteiger partial charge is 0.356 e. The Kier molecular flexibility index (Phi) is 3.83. The third-order valence-electron chi connectivity index (χ3n) is 4.74. The standard InChI is InChI=1S/C21H17N3O2/c1-21(15-5-3-2-4-6-15)17-11-14(18-10-8-16(12-22)23-18)7-9-19(17)24-20(25)13-26-21/h2-11,23H,13H2,1H3,(H,24,25). The Morgan fingerprint density at radius 2 is 1.92 bits per heavy atom. The van der Waals surface area contributed by atoms with Crippen LogP contribution in [0.3, 0.4) is 0 Å². The fourth-order valence-corrected chi connectivity index (χ4v) is 3.31. The molecular formula is C21H17N3O2. The van der Waals surface area contributed by atoms with Crippen LogP contribution in [0.5, 0.6) is 0 Å². The average molecular weight is 343 g/mol. The van der Waals surface area contributed by atoms with Gasteiger partial charge in [-0.1, -0.05) is 36.4 Å². The van der Waals surface area contributed by atoms with Crippen LogP contribution in [0, 0.1) is 11.3 Å². The highest BCUT2D eigenvalue weighted by Crippen LogP contribution is 2.41. The molecule has 5 nitrogen and oxygen atoms in total. The van der Waals surface area contributed by atoms with E-state index in [9.17, 15) is 4.79 Å². The summed E-state index contributed by atoms with van der Waals surface area (Å²) in [5, 5.41) is 12.0. The van der Waals surface area contributed by atoms with E-state index in [4.69, 9.17) is 10.00 Å². The van der Waals surface area contributed by atoms with E-state index in [-0.39, 0.29) is 12.5 Å². The lowest BCUT2D eigenvalue weighted by atomic mass is 9.85. The van der Waals surface area contributed by atoms with Crippen LogP contribution in [0.4, 0.5) is 5.69 Å². The van der Waals surface area contributed by atoms with Crippen LogP contribution >= 0.6 is 0 Å². The van der Waals surface area contributed by atoms with Gasteiger partial charge in [0.1, 0.15) is 24.0 Å². The monoisotopic (exact) mass is 343 g/mol. The summed E-state index contributed by atoms with van der Waals surface area (Å²) in [4.78, 5) is 15.2. The summed E-state index contributed by atoms with van der Waals surface area (Å²) in [7, 11) is 0. The van der Waals surface area contributed by atoms with Crippen LogP contribution < -0.4 is 5.32 Å². The van der Waals surface area contributed by atoms with E-state index in [1.54, 1.807) is 6.07 Å². The molecule has 2 N–H and O–H groups in total. The van der Waals surface area contributed by atoms with Gasteiger partial charge in [0.2, 0.25) is 5.91 Å². The maximum atomic E-state index is 12.1. The summed E-state index contributed by atoms with van der Waals surface area (Å²) in [5.74, 6) is -0.176. The second-order valence-electron chi connectivity index (χ2n) is 6.39. The Morgan fingerprint density at radius 3 is 2.65 bits per heavy atom. The first-order valence-electron chi connectivity index (χ1n) is 8.33. The molecule has 5 heteroatoms. The molecule has 1 aliphatic rings. The summed E-state index contributed by atoms with van der Waals surface area (Å²) >= 11 is 0. The molecule has 0 bridgehead atoms. The van der Waals surface area contributed by atoms with Gasteiger partial charge in [0.05, 0.1) is 0 Å². The van der Waals surface area contributed by atoms with Gasteiger partial charge in [-0.3, -0.25) is 4.79 Å². The first-order valence-corrected chi connectivity index (χ1v) is 8.33. The summed E-state index contributed by atoms with van der Waals surface area (Å²) < 4.78 is 6.06. The second kappa shape index (κ2) is 6.17. The molecule has 26 heavy (non-hydrogen) atoms. The number of aromatic nitrogens is 1. The molecule has 1 aromatic heterocycles. The van der Waals surface area contributed by atoms with Gasteiger partial charge in [-0.25, -0.2) is 0 Å². The van der Waals surface area contributed by atoms with Crippen molar-refractivity contribution in [1.82, 2.24) is 4.98 Å². The molecule has 0 aliphatic carbocycles. The molecule has 1 unspecified atom stereocenters. The molecule has 0 fully saturated rings. The number of rotatable bonds is 2. The molecule has 128 valence electrons. The summed E-state index contributed by atoms with van der Waals surface area (Å²) in [6.07, 6.45) is 0. The molecule has 1 aliphatic heterocycles. The van der Waals surface area contributed by atoms with Gasteiger partial charge >= 0.3 is 0 Å². The number of fused-ring (bicyclic) bond motifs is 1. The van der Waals surface area contributed by atoms with E-state index in [1.165, 1.54) is 0 Å². The third-order valence-corrected chi connectivity index (χ3v) is 4.74. The number of aromatic amines is 1. The number of hydrogen-bond acceptors (Lipinski definition) is 3. The molecule has 2 aromatic carbocycles. The van der Waals surface area contributed by atoms with Gasteiger partial charge in [-0.2, -0.15) is 5.26 Å². The van der Waals surface area contributed by atoms with Gasteiger partial charge in [-0.15, -0.1) is 0 Å². The molecule has 1 amide bonds. The van der Waals surface area contributed by atoms with E-state index in [0.29, 0.717) is 5.69 Å². The van der Waals surface area contributed by atoms with Crippen molar-refractivity contribution in [2.75, 3.05) is 11.9 Å². The smallest absolute Gasteiger partial charge is 0.250 e. The minimum Gasteiger partial charge on any atom is -0.356 e. The van der Waals surface area contributed by atoms with Gasteiger partial charge in [0, 0.05) is 16.9 Å². The predicted molar refractivity (Wildman–Crippen MR) is 98.4 cm³/mol. The average Bonchev–Trinajstić information content (AvgIpc) is 3.11. The molecule has 4 rings (SSSR count). The van der Waals surface area contributed by atoms with Crippen LogP contribution in [-0.2, 0) is 15.1 Å². The van der Waals surface area contributed by atoms with Crippen molar-refractivity contribution in [1.29, 1.82) is 5.26 Å². The zero-order valence-electron chi connectivity index (χ0n) is 14.2. The normalized spacial score (nSPS) is 19.2. The lowest BCUT2D eigenvalue weighted by Crippen LogP contribution is -2.28. The number of ether oxygens (including phenoxy) is 1. The van der Waals surface area contributed by atoms with E-state index >= 15 is 0 Å². The van der Waals surface area contributed by atoms with Gasteiger partial charge < -0.3 is 15.0 Å². The van der Waals surface area contributed by atoms with Crippen molar-refractivity contribution in [2.45, 2.75) is 12.5 Å². The van der Waals surface area contributed by atoms with Crippen molar-refractivity contribution in [3.63, 3.8) is 0 Å². The minimum absolute atomic E-state index is 0.0174. The number of carbonyl (C=O) groups is 1. The van der Waals surface area contributed by atoms with E-state index in [2.05, 4.69) is 16.4 Å². The highest BCUT2D eigenvalue weighted by atomic mass is 16.5. The summed E-state index contributed by atoms with van der Waals surface area (Å²) in [6.45, 7) is 1.96. The Bertz CT molecular complexity index is 1020. The molecule has 2 heterocycles. The molecular weight excluding hydrogens is 326 g/mol. The van der Waals surface area contributed by atoms with Crippen LogP contribution in [0.2, 0.25) is 0 Å². The van der Waals surface area contributed by atoms with Crippen molar-refractivity contribution in [2.24, 2.45) is 0 Å². The zero-order valence-corrected chi connectivity index (χ0v) is 14.2. The van der Waals surface area contributed by atoms with Crippen molar-refractivity contribution in [3.05, 3.63) is 77.5 Å². The lowest BCUT2D eigenvalue weighted by molar-refractivity contribution is -0.124. The Hall–Kier alpha value is -3.36. The second-order valence-corrected chi connectivity index (χ2v) is 6.39. The SMILES string of the molecule is CC1(c2ccccc2)OCC(=O)Nc2ccc(-c3ccc(C#N)[nH]3)cc21. The third kappa shape index (κ3) is 2.67. The minimum atomic E-state index is -0.767. The highest BCUT2D eigenvalue weighted by molar-refractivity contribution is 5.94. The maximum absolute atomic E-state index is 12.1. The van der Waals surface area contributed by atoms with Gasteiger partial charge in [0.25, 0.3) is 0 Å². The van der Waals surface area contributed by atoms with Crippen LogP contribution in [-0.4, -0.2) is 17.5 Å². The maximum Gasteiger partial charge on any atom is 0.250 e. The number of anilines is 1. The fourth-order valence-electron chi connectivity index (χ4n) is 3.31. The molecule has 0 saturated carbocycles. The van der Waals surface area contributed by atoms with Crippen molar-refractivity contribution < 1.29 is 9.53 Å². The number of nitrogens with one attached hydrogen (secondary N) is 2. The van der Waals surface area contributed by atoms with E-state index in [0.717, 1.165) is 28.1 Å².